The zero-order chi connectivity index (χ0) is 13.8. The van der Waals surface area contributed by atoms with Gasteiger partial charge in [-0.2, -0.15) is 0 Å². The molecular weight excluding hydrogens is 220 g/mol. The van der Waals surface area contributed by atoms with E-state index in [1.54, 1.807) is 0 Å². The predicted molar refractivity (Wildman–Crippen MR) is 80.1 cm³/mol. The maximum atomic E-state index is 3.41. The van der Waals surface area contributed by atoms with Crippen LogP contribution in [0.3, 0.4) is 0 Å². The van der Waals surface area contributed by atoms with E-state index < -0.39 is 0 Å². The van der Waals surface area contributed by atoms with Crippen LogP contribution in [-0.4, -0.2) is 19.6 Å². The summed E-state index contributed by atoms with van der Waals surface area (Å²) in [5.41, 5.74) is 2.80. The van der Waals surface area contributed by atoms with E-state index in [0.717, 1.165) is 0 Å². The molecule has 0 saturated heterocycles. The van der Waals surface area contributed by atoms with Crippen LogP contribution < -0.4 is 10.6 Å². The maximum Gasteiger partial charge on any atom is 0.0497 e. The molecule has 2 N–H and O–H groups in total. The SMILES string of the molecule is CCC(C)c1ccc(C(NC)C(C)(C)NC)cc1. The van der Waals surface area contributed by atoms with E-state index in [-0.39, 0.29) is 5.54 Å². The monoisotopic (exact) mass is 248 g/mol. The summed E-state index contributed by atoms with van der Waals surface area (Å²) in [7, 11) is 4.03. The van der Waals surface area contributed by atoms with Gasteiger partial charge >= 0.3 is 0 Å². The Balaban J connectivity index is 2.95. The first-order chi connectivity index (χ1) is 8.46. The topological polar surface area (TPSA) is 24.1 Å². The van der Waals surface area contributed by atoms with Crippen LogP contribution in [-0.2, 0) is 0 Å². The van der Waals surface area contributed by atoms with Crippen molar-refractivity contribution >= 4 is 0 Å². The van der Waals surface area contributed by atoms with Crippen LogP contribution in [0, 0.1) is 0 Å². The van der Waals surface area contributed by atoms with E-state index in [4.69, 9.17) is 0 Å². The smallest absolute Gasteiger partial charge is 0.0497 e. The lowest BCUT2D eigenvalue weighted by Gasteiger charge is -2.34. The Kier molecular flexibility index (Phi) is 5.36. The summed E-state index contributed by atoms with van der Waals surface area (Å²) < 4.78 is 0. The largest absolute Gasteiger partial charge is 0.313 e. The lowest BCUT2D eigenvalue weighted by molar-refractivity contribution is 0.311. The van der Waals surface area contributed by atoms with Crippen LogP contribution in [0.4, 0.5) is 0 Å². The highest BCUT2D eigenvalue weighted by Gasteiger charge is 2.27. The van der Waals surface area contributed by atoms with E-state index in [1.165, 1.54) is 17.5 Å². The van der Waals surface area contributed by atoms with Crippen molar-refractivity contribution < 1.29 is 0 Å². The molecule has 0 amide bonds. The van der Waals surface area contributed by atoms with Crippen molar-refractivity contribution in [3.05, 3.63) is 35.4 Å². The van der Waals surface area contributed by atoms with Gasteiger partial charge in [0.2, 0.25) is 0 Å². The Morgan fingerprint density at radius 1 is 1.06 bits per heavy atom. The number of hydrogen-bond donors (Lipinski definition) is 2. The zero-order valence-electron chi connectivity index (χ0n) is 12.7. The normalized spacial score (nSPS) is 15.4. The van der Waals surface area contributed by atoms with Crippen LogP contribution in [0.1, 0.15) is 57.2 Å². The number of nitrogens with one attached hydrogen (secondary N) is 2. The molecule has 0 bridgehead atoms. The highest BCUT2D eigenvalue weighted by atomic mass is 15.0. The van der Waals surface area contributed by atoms with Crippen LogP contribution in [0.5, 0.6) is 0 Å². The number of benzene rings is 1. The molecule has 2 unspecified atom stereocenters. The summed E-state index contributed by atoms with van der Waals surface area (Å²) in [4.78, 5) is 0. The molecule has 0 heterocycles. The van der Waals surface area contributed by atoms with E-state index >= 15 is 0 Å². The van der Waals surface area contributed by atoms with Gasteiger partial charge in [-0.15, -0.1) is 0 Å². The number of rotatable bonds is 6. The highest BCUT2D eigenvalue weighted by molar-refractivity contribution is 5.29. The van der Waals surface area contributed by atoms with E-state index in [9.17, 15) is 0 Å². The average Bonchev–Trinajstić information content (AvgIpc) is 2.39. The molecule has 1 rings (SSSR count). The third-order valence-corrected chi connectivity index (χ3v) is 4.11. The van der Waals surface area contributed by atoms with Crippen LogP contribution in [0.2, 0.25) is 0 Å². The summed E-state index contributed by atoms with van der Waals surface area (Å²) in [5, 5.41) is 6.79. The molecule has 2 atom stereocenters. The molecule has 2 nitrogen and oxygen atoms in total. The maximum absolute atomic E-state index is 3.41. The van der Waals surface area contributed by atoms with E-state index in [0.29, 0.717) is 12.0 Å². The van der Waals surface area contributed by atoms with Crippen molar-refractivity contribution in [1.82, 2.24) is 10.6 Å². The van der Waals surface area contributed by atoms with Gasteiger partial charge in [-0.05, 0) is 51.4 Å². The van der Waals surface area contributed by atoms with E-state index in [2.05, 4.69) is 62.6 Å². The van der Waals surface area contributed by atoms with Crippen LogP contribution in [0.15, 0.2) is 24.3 Å². The molecular formula is C16H28N2. The van der Waals surface area contributed by atoms with Gasteiger partial charge in [0.25, 0.3) is 0 Å². The van der Waals surface area contributed by atoms with Crippen molar-refractivity contribution in [2.45, 2.75) is 51.6 Å². The first-order valence-corrected chi connectivity index (χ1v) is 6.92. The standard InChI is InChI=1S/C16H28N2/c1-7-12(2)13-8-10-14(11-9-13)15(17-5)16(3,4)18-6/h8-12,15,17-18H,7H2,1-6H3. The summed E-state index contributed by atoms with van der Waals surface area (Å²) in [6.07, 6.45) is 1.19. The predicted octanol–water partition coefficient (Wildman–Crippen LogP) is 3.46. The molecule has 0 aliphatic heterocycles. The average molecular weight is 248 g/mol. The van der Waals surface area contributed by atoms with E-state index in [1.807, 2.05) is 14.1 Å². The van der Waals surface area contributed by atoms with Gasteiger partial charge in [-0.25, -0.2) is 0 Å². The summed E-state index contributed by atoms with van der Waals surface area (Å²) in [5.74, 6) is 0.643. The minimum Gasteiger partial charge on any atom is -0.313 e. The van der Waals surface area contributed by atoms with Gasteiger partial charge in [-0.1, -0.05) is 38.1 Å². The van der Waals surface area contributed by atoms with Gasteiger partial charge in [0, 0.05) is 11.6 Å². The lowest BCUT2D eigenvalue weighted by Crippen LogP contribution is -2.47. The van der Waals surface area contributed by atoms with Crippen molar-refractivity contribution in [3.63, 3.8) is 0 Å². The Morgan fingerprint density at radius 2 is 1.56 bits per heavy atom. The minimum atomic E-state index is 0.0344. The van der Waals surface area contributed by atoms with Gasteiger partial charge in [0.05, 0.1) is 0 Å². The molecule has 0 aromatic heterocycles. The fraction of sp³-hybridized carbons (Fsp3) is 0.625. The van der Waals surface area contributed by atoms with Crippen LogP contribution >= 0.6 is 0 Å². The summed E-state index contributed by atoms with van der Waals surface area (Å²) in [6, 6.07) is 9.34. The number of likely N-dealkylation sites (N-methyl/N-ethyl adjacent to an activating group) is 2. The molecule has 0 fully saturated rings. The van der Waals surface area contributed by atoms with Gasteiger partial charge in [0.15, 0.2) is 0 Å². The zero-order valence-corrected chi connectivity index (χ0v) is 12.7. The molecule has 0 aliphatic rings. The third kappa shape index (κ3) is 3.33. The van der Waals surface area contributed by atoms with Crippen molar-refractivity contribution in [2.75, 3.05) is 14.1 Å². The Bertz CT molecular complexity index is 354. The van der Waals surface area contributed by atoms with Gasteiger partial charge in [-0.3, -0.25) is 0 Å². The van der Waals surface area contributed by atoms with Crippen LogP contribution in [0.25, 0.3) is 0 Å². The molecule has 18 heavy (non-hydrogen) atoms. The fourth-order valence-corrected chi connectivity index (χ4v) is 2.34. The second kappa shape index (κ2) is 6.35. The Morgan fingerprint density at radius 3 is 1.94 bits per heavy atom. The Labute approximate surface area is 112 Å². The molecule has 0 saturated carbocycles. The Hall–Kier alpha value is -0.860. The highest BCUT2D eigenvalue weighted by Crippen LogP contribution is 2.27. The fourth-order valence-electron chi connectivity index (χ4n) is 2.34. The number of hydrogen-bond acceptors (Lipinski definition) is 2. The van der Waals surface area contributed by atoms with Gasteiger partial charge in [0.1, 0.15) is 0 Å². The summed E-state index contributed by atoms with van der Waals surface area (Å²) >= 11 is 0. The second-order valence-corrected chi connectivity index (χ2v) is 5.67. The molecule has 2 heteroatoms. The molecule has 102 valence electrons. The molecule has 0 spiro atoms. The molecule has 0 aliphatic carbocycles. The molecule has 0 radical (unpaired) electrons. The first kappa shape index (κ1) is 15.2. The molecule has 1 aromatic carbocycles. The van der Waals surface area contributed by atoms with Gasteiger partial charge < -0.3 is 10.6 Å². The quantitative estimate of drug-likeness (QED) is 0.805. The second-order valence-electron chi connectivity index (χ2n) is 5.67. The third-order valence-electron chi connectivity index (χ3n) is 4.11. The minimum absolute atomic E-state index is 0.0344. The van der Waals surface area contributed by atoms with Crippen molar-refractivity contribution in [2.24, 2.45) is 0 Å². The first-order valence-electron chi connectivity index (χ1n) is 6.92. The summed E-state index contributed by atoms with van der Waals surface area (Å²) in [6.45, 7) is 8.95. The van der Waals surface area contributed by atoms with Crippen molar-refractivity contribution in [1.29, 1.82) is 0 Å². The lowest BCUT2D eigenvalue weighted by atomic mass is 9.87. The molecule has 1 aromatic rings. The van der Waals surface area contributed by atoms with Crippen molar-refractivity contribution in [3.8, 4) is 0 Å².